The third-order valence-corrected chi connectivity index (χ3v) is 3.21. The minimum Gasteiger partial charge on any atom is -0.379 e. The first-order valence-corrected chi connectivity index (χ1v) is 5.78. The van der Waals surface area contributed by atoms with E-state index in [0.29, 0.717) is 24.2 Å². The van der Waals surface area contributed by atoms with Gasteiger partial charge in [0.25, 0.3) is 0 Å². The number of nitrogen functional groups attached to an aromatic ring is 1. The van der Waals surface area contributed by atoms with Crippen molar-refractivity contribution in [1.82, 2.24) is 20.2 Å². The Hall–Kier alpha value is -1.93. The van der Waals surface area contributed by atoms with Crippen LogP contribution in [0.2, 0.25) is 0 Å². The topological polar surface area (TPSA) is 105 Å². The minimum absolute atomic E-state index is 0.323. The number of ether oxygens (including phenoxy) is 1. The van der Waals surface area contributed by atoms with Crippen LogP contribution in [0, 0.1) is 0 Å². The quantitative estimate of drug-likeness (QED) is 0.513. The SMILES string of the molecule is CN(c1nc(NN)nc2[nH]ncc12)C1CCOC1. The van der Waals surface area contributed by atoms with Crippen molar-refractivity contribution in [2.24, 2.45) is 5.84 Å². The lowest BCUT2D eigenvalue weighted by Gasteiger charge is -2.24. The van der Waals surface area contributed by atoms with Crippen molar-refractivity contribution >= 4 is 22.8 Å². The van der Waals surface area contributed by atoms with Crippen LogP contribution in [0.1, 0.15) is 6.42 Å². The van der Waals surface area contributed by atoms with Crippen molar-refractivity contribution in [3.05, 3.63) is 6.20 Å². The molecule has 8 heteroatoms. The number of hydrogen-bond acceptors (Lipinski definition) is 7. The number of nitrogens with zero attached hydrogens (tertiary/aromatic N) is 4. The molecule has 3 rings (SSSR count). The van der Waals surface area contributed by atoms with Crippen LogP contribution < -0.4 is 16.2 Å². The largest absolute Gasteiger partial charge is 0.379 e. The number of H-pyrrole nitrogens is 1. The van der Waals surface area contributed by atoms with Gasteiger partial charge in [0.15, 0.2) is 5.65 Å². The van der Waals surface area contributed by atoms with Gasteiger partial charge in [-0.15, -0.1) is 0 Å². The third kappa shape index (κ3) is 1.75. The Kier molecular flexibility index (Phi) is 2.73. The van der Waals surface area contributed by atoms with E-state index in [-0.39, 0.29) is 0 Å². The van der Waals surface area contributed by atoms with E-state index in [4.69, 9.17) is 10.6 Å². The molecular weight excluding hydrogens is 234 g/mol. The summed E-state index contributed by atoms with van der Waals surface area (Å²) in [5, 5.41) is 7.70. The van der Waals surface area contributed by atoms with Gasteiger partial charge < -0.3 is 9.64 Å². The normalized spacial score (nSPS) is 19.3. The van der Waals surface area contributed by atoms with Gasteiger partial charge in [0.05, 0.1) is 24.2 Å². The molecule has 18 heavy (non-hydrogen) atoms. The lowest BCUT2D eigenvalue weighted by molar-refractivity contribution is 0.193. The van der Waals surface area contributed by atoms with E-state index in [2.05, 4.69) is 30.5 Å². The predicted molar refractivity (Wildman–Crippen MR) is 67.1 cm³/mol. The molecule has 0 aliphatic carbocycles. The van der Waals surface area contributed by atoms with E-state index >= 15 is 0 Å². The molecule has 3 heterocycles. The van der Waals surface area contributed by atoms with Crippen LogP contribution >= 0.6 is 0 Å². The molecule has 1 unspecified atom stereocenters. The summed E-state index contributed by atoms with van der Waals surface area (Å²) in [6.07, 6.45) is 2.71. The van der Waals surface area contributed by atoms with E-state index in [1.165, 1.54) is 0 Å². The second-order valence-electron chi connectivity index (χ2n) is 4.28. The molecule has 1 aliphatic heterocycles. The lowest BCUT2D eigenvalue weighted by atomic mass is 10.2. The average molecular weight is 249 g/mol. The number of hydrogen-bond donors (Lipinski definition) is 3. The molecule has 1 aliphatic rings. The molecule has 0 amide bonds. The monoisotopic (exact) mass is 249 g/mol. The van der Waals surface area contributed by atoms with E-state index in [9.17, 15) is 0 Å². The molecule has 1 fully saturated rings. The fourth-order valence-electron chi connectivity index (χ4n) is 2.15. The number of fused-ring (bicyclic) bond motifs is 1. The number of aromatic amines is 1. The van der Waals surface area contributed by atoms with Gasteiger partial charge in [-0.2, -0.15) is 15.1 Å². The fourth-order valence-corrected chi connectivity index (χ4v) is 2.15. The van der Waals surface area contributed by atoms with Crippen molar-refractivity contribution in [1.29, 1.82) is 0 Å². The highest BCUT2D eigenvalue weighted by Crippen LogP contribution is 2.26. The lowest BCUT2D eigenvalue weighted by Crippen LogP contribution is -2.33. The minimum atomic E-state index is 0.323. The maximum absolute atomic E-state index is 5.40. The molecule has 1 saturated heterocycles. The average Bonchev–Trinajstić information content (AvgIpc) is 3.07. The Labute approximate surface area is 104 Å². The number of nitrogens with two attached hydrogens (primary N) is 1. The third-order valence-electron chi connectivity index (χ3n) is 3.21. The molecular formula is C10H15N7O. The second kappa shape index (κ2) is 4.39. The number of nitrogens with one attached hydrogen (secondary N) is 2. The fraction of sp³-hybridized carbons (Fsp3) is 0.500. The Balaban J connectivity index is 2.05. The van der Waals surface area contributed by atoms with Crippen molar-refractivity contribution in [3.63, 3.8) is 0 Å². The van der Waals surface area contributed by atoms with Crippen LogP contribution in [0.3, 0.4) is 0 Å². The van der Waals surface area contributed by atoms with Gasteiger partial charge in [0.1, 0.15) is 5.82 Å². The first-order chi connectivity index (χ1) is 8.79. The molecule has 1 atom stereocenters. The van der Waals surface area contributed by atoms with E-state index < -0.39 is 0 Å². The van der Waals surface area contributed by atoms with E-state index in [0.717, 1.165) is 24.2 Å². The molecule has 0 saturated carbocycles. The maximum Gasteiger partial charge on any atom is 0.241 e. The number of anilines is 2. The van der Waals surface area contributed by atoms with Crippen molar-refractivity contribution in [2.45, 2.75) is 12.5 Å². The summed E-state index contributed by atoms with van der Waals surface area (Å²) in [6, 6.07) is 0.323. The molecule has 2 aromatic heterocycles. The highest BCUT2D eigenvalue weighted by molar-refractivity contribution is 5.87. The first kappa shape index (κ1) is 11.2. The van der Waals surface area contributed by atoms with Crippen molar-refractivity contribution in [2.75, 3.05) is 30.6 Å². The predicted octanol–water partition coefficient (Wildman–Crippen LogP) is -0.136. The Morgan fingerprint density at radius 3 is 3.17 bits per heavy atom. The number of rotatable bonds is 3. The van der Waals surface area contributed by atoms with Crippen LogP contribution in [0.25, 0.3) is 11.0 Å². The highest BCUT2D eigenvalue weighted by Gasteiger charge is 2.24. The van der Waals surface area contributed by atoms with Crippen LogP contribution in [-0.2, 0) is 4.74 Å². The van der Waals surface area contributed by atoms with E-state index in [1.54, 1.807) is 6.20 Å². The molecule has 8 nitrogen and oxygen atoms in total. The summed E-state index contributed by atoms with van der Waals surface area (Å²) in [7, 11) is 1.99. The zero-order chi connectivity index (χ0) is 12.5. The summed E-state index contributed by atoms with van der Waals surface area (Å²) < 4.78 is 5.40. The van der Waals surface area contributed by atoms with Crippen LogP contribution in [0.5, 0.6) is 0 Å². The zero-order valence-electron chi connectivity index (χ0n) is 10.1. The maximum atomic E-state index is 5.40. The zero-order valence-corrected chi connectivity index (χ0v) is 10.1. The molecule has 0 spiro atoms. The van der Waals surface area contributed by atoms with Gasteiger partial charge in [-0.25, -0.2) is 5.84 Å². The molecule has 0 aromatic carbocycles. The summed E-state index contributed by atoms with van der Waals surface area (Å²) in [5.74, 6) is 6.55. The first-order valence-electron chi connectivity index (χ1n) is 5.78. The Bertz CT molecular complexity index is 548. The second-order valence-corrected chi connectivity index (χ2v) is 4.28. The molecule has 0 radical (unpaired) electrons. The van der Waals surface area contributed by atoms with Crippen LogP contribution in [0.15, 0.2) is 6.20 Å². The number of aromatic nitrogens is 4. The summed E-state index contributed by atoms with van der Waals surface area (Å²) in [6.45, 7) is 1.50. The highest BCUT2D eigenvalue weighted by atomic mass is 16.5. The molecule has 4 N–H and O–H groups in total. The molecule has 2 aromatic rings. The van der Waals surface area contributed by atoms with Crippen molar-refractivity contribution < 1.29 is 4.74 Å². The van der Waals surface area contributed by atoms with E-state index in [1.807, 2.05) is 7.05 Å². The number of hydrazine groups is 1. The standard InChI is InChI=1S/C10H15N7O/c1-17(6-2-3-18-5-6)9-7-4-12-16-8(7)13-10(14-9)15-11/h4,6H,2-3,5,11H2,1H3,(H2,12,13,14,15,16). The van der Waals surface area contributed by atoms with Gasteiger partial charge in [-0.3, -0.25) is 10.5 Å². The van der Waals surface area contributed by atoms with Gasteiger partial charge in [0, 0.05) is 13.7 Å². The van der Waals surface area contributed by atoms with Crippen LogP contribution in [-0.4, -0.2) is 46.5 Å². The summed E-state index contributed by atoms with van der Waals surface area (Å²) >= 11 is 0. The smallest absolute Gasteiger partial charge is 0.241 e. The molecule has 96 valence electrons. The molecule has 0 bridgehead atoms. The van der Waals surface area contributed by atoms with Crippen molar-refractivity contribution in [3.8, 4) is 0 Å². The van der Waals surface area contributed by atoms with Crippen LogP contribution in [0.4, 0.5) is 11.8 Å². The summed E-state index contributed by atoms with van der Waals surface area (Å²) in [4.78, 5) is 10.7. The van der Waals surface area contributed by atoms with Gasteiger partial charge in [-0.05, 0) is 6.42 Å². The van der Waals surface area contributed by atoms with Gasteiger partial charge in [0.2, 0.25) is 5.95 Å². The van der Waals surface area contributed by atoms with Gasteiger partial charge >= 0.3 is 0 Å². The summed E-state index contributed by atoms with van der Waals surface area (Å²) in [5.41, 5.74) is 3.13. The Morgan fingerprint density at radius 1 is 1.56 bits per heavy atom. The Morgan fingerprint density at radius 2 is 2.44 bits per heavy atom. The number of likely N-dealkylation sites (N-methyl/N-ethyl adjacent to an activating group) is 1. The van der Waals surface area contributed by atoms with Gasteiger partial charge in [-0.1, -0.05) is 0 Å².